The monoisotopic (exact) mass is 470 g/mol. The highest BCUT2D eigenvalue weighted by molar-refractivity contribution is 5.72. The number of benzene rings is 1. The fourth-order valence-corrected chi connectivity index (χ4v) is 4.25. The highest BCUT2D eigenvalue weighted by atomic mass is 16.5. The molecule has 3 aromatic heterocycles. The second kappa shape index (κ2) is 10.5. The molecular weight excluding hydrogens is 440 g/mol. The van der Waals surface area contributed by atoms with Gasteiger partial charge in [-0.1, -0.05) is 48.0 Å². The van der Waals surface area contributed by atoms with Crippen LogP contribution in [0.5, 0.6) is 11.6 Å². The summed E-state index contributed by atoms with van der Waals surface area (Å²) in [6.07, 6.45) is 6.27. The van der Waals surface area contributed by atoms with Gasteiger partial charge in [0.25, 0.3) is 0 Å². The smallest absolute Gasteiger partial charge is 0.215 e. The summed E-state index contributed by atoms with van der Waals surface area (Å²) in [5, 5.41) is 11.9. The van der Waals surface area contributed by atoms with E-state index in [0.29, 0.717) is 29.8 Å². The summed E-state index contributed by atoms with van der Waals surface area (Å²) >= 11 is 0. The standard InChI is InChI=1S/C27H30N6O2/c1-19-23(35-21-12-7-4-8-13-21)17-16-22(28-19)26-27(33(2)32-31-26)30-24-14-9-15-25(29-24)34-18-20-10-5-3-6-11-20/h3,5-6,9-11,14-17,21H,4,7-8,12-13,18H2,1-2H3,(H,29,30). The minimum atomic E-state index is 0.284. The van der Waals surface area contributed by atoms with E-state index in [2.05, 4.69) is 20.6 Å². The number of aryl methyl sites for hydroxylation is 2. The number of anilines is 2. The molecule has 0 spiro atoms. The summed E-state index contributed by atoms with van der Waals surface area (Å²) in [5.74, 6) is 2.71. The lowest BCUT2D eigenvalue weighted by atomic mass is 9.98. The van der Waals surface area contributed by atoms with Crippen molar-refractivity contribution in [2.45, 2.75) is 51.7 Å². The van der Waals surface area contributed by atoms with E-state index in [1.807, 2.05) is 74.6 Å². The van der Waals surface area contributed by atoms with Gasteiger partial charge in [0.2, 0.25) is 5.88 Å². The molecule has 0 saturated heterocycles. The van der Waals surface area contributed by atoms with Crippen molar-refractivity contribution in [3.63, 3.8) is 0 Å². The molecule has 3 heterocycles. The van der Waals surface area contributed by atoms with E-state index in [1.54, 1.807) is 4.68 Å². The van der Waals surface area contributed by atoms with Crippen molar-refractivity contribution < 1.29 is 9.47 Å². The Labute approximate surface area is 205 Å². The molecule has 1 fully saturated rings. The first-order valence-electron chi connectivity index (χ1n) is 12.1. The average Bonchev–Trinajstić information content (AvgIpc) is 3.25. The van der Waals surface area contributed by atoms with Crippen molar-refractivity contribution >= 4 is 11.6 Å². The number of hydrogen-bond acceptors (Lipinski definition) is 7. The van der Waals surface area contributed by atoms with Crippen LogP contribution in [-0.2, 0) is 13.7 Å². The zero-order valence-corrected chi connectivity index (χ0v) is 20.1. The lowest BCUT2D eigenvalue weighted by molar-refractivity contribution is 0.153. The van der Waals surface area contributed by atoms with E-state index in [9.17, 15) is 0 Å². The minimum Gasteiger partial charge on any atom is -0.489 e. The van der Waals surface area contributed by atoms with Gasteiger partial charge in [-0.25, -0.2) is 9.67 Å². The Morgan fingerprint density at radius 3 is 2.57 bits per heavy atom. The van der Waals surface area contributed by atoms with Gasteiger partial charge >= 0.3 is 0 Å². The van der Waals surface area contributed by atoms with Crippen molar-refractivity contribution in [3.8, 4) is 23.0 Å². The third-order valence-electron chi connectivity index (χ3n) is 6.15. The molecule has 180 valence electrons. The largest absolute Gasteiger partial charge is 0.489 e. The molecule has 0 bridgehead atoms. The van der Waals surface area contributed by atoms with E-state index in [0.717, 1.165) is 35.5 Å². The summed E-state index contributed by atoms with van der Waals surface area (Å²) in [4.78, 5) is 9.37. The molecule has 0 aliphatic heterocycles. The summed E-state index contributed by atoms with van der Waals surface area (Å²) < 4.78 is 13.8. The molecule has 8 heteroatoms. The Bertz CT molecular complexity index is 1270. The van der Waals surface area contributed by atoms with Crippen LogP contribution in [-0.4, -0.2) is 31.1 Å². The third-order valence-corrected chi connectivity index (χ3v) is 6.15. The zero-order chi connectivity index (χ0) is 24.0. The molecule has 1 aliphatic rings. The predicted molar refractivity (Wildman–Crippen MR) is 135 cm³/mol. The van der Waals surface area contributed by atoms with Crippen LogP contribution in [0.4, 0.5) is 11.6 Å². The molecule has 8 nitrogen and oxygen atoms in total. The summed E-state index contributed by atoms with van der Waals surface area (Å²) in [5.41, 5.74) is 3.31. The molecule has 0 radical (unpaired) electrons. The number of ether oxygens (including phenoxy) is 2. The fraction of sp³-hybridized carbons (Fsp3) is 0.333. The molecule has 1 aromatic carbocycles. The number of hydrogen-bond donors (Lipinski definition) is 1. The van der Waals surface area contributed by atoms with Gasteiger partial charge in [0.05, 0.1) is 17.5 Å². The highest BCUT2D eigenvalue weighted by Crippen LogP contribution is 2.30. The Kier molecular flexibility index (Phi) is 6.88. The minimum absolute atomic E-state index is 0.284. The molecule has 4 aromatic rings. The molecule has 0 amide bonds. The third kappa shape index (κ3) is 5.59. The first-order valence-corrected chi connectivity index (χ1v) is 12.1. The maximum Gasteiger partial charge on any atom is 0.215 e. The van der Waals surface area contributed by atoms with Crippen LogP contribution in [0, 0.1) is 6.92 Å². The Morgan fingerprint density at radius 1 is 0.943 bits per heavy atom. The van der Waals surface area contributed by atoms with Crippen LogP contribution < -0.4 is 14.8 Å². The van der Waals surface area contributed by atoms with Crippen molar-refractivity contribution in [3.05, 3.63) is 71.9 Å². The summed E-state index contributed by atoms with van der Waals surface area (Å²) in [6.45, 7) is 2.43. The van der Waals surface area contributed by atoms with Crippen molar-refractivity contribution in [1.29, 1.82) is 0 Å². The van der Waals surface area contributed by atoms with Gasteiger partial charge in [-0.3, -0.25) is 0 Å². The molecular formula is C27H30N6O2. The summed E-state index contributed by atoms with van der Waals surface area (Å²) in [7, 11) is 1.84. The van der Waals surface area contributed by atoms with E-state index < -0.39 is 0 Å². The normalized spacial score (nSPS) is 14.0. The quantitative estimate of drug-likeness (QED) is 0.358. The van der Waals surface area contributed by atoms with Crippen LogP contribution >= 0.6 is 0 Å². The second-order valence-electron chi connectivity index (χ2n) is 8.83. The van der Waals surface area contributed by atoms with E-state index in [1.165, 1.54) is 19.3 Å². The average molecular weight is 471 g/mol. The van der Waals surface area contributed by atoms with Gasteiger partial charge in [-0.15, -0.1) is 5.10 Å². The Morgan fingerprint density at radius 2 is 1.77 bits per heavy atom. The lowest BCUT2D eigenvalue weighted by Gasteiger charge is -2.23. The number of nitrogens with zero attached hydrogens (tertiary/aromatic N) is 5. The van der Waals surface area contributed by atoms with E-state index >= 15 is 0 Å². The van der Waals surface area contributed by atoms with Crippen LogP contribution in [0.3, 0.4) is 0 Å². The maximum absolute atomic E-state index is 6.23. The molecule has 5 rings (SSSR count). The first kappa shape index (κ1) is 22.8. The first-order chi connectivity index (χ1) is 17.2. The number of nitrogens with one attached hydrogen (secondary N) is 1. The summed E-state index contributed by atoms with van der Waals surface area (Å²) in [6, 6.07) is 19.6. The zero-order valence-electron chi connectivity index (χ0n) is 20.1. The van der Waals surface area contributed by atoms with Gasteiger partial charge in [-0.2, -0.15) is 4.98 Å². The second-order valence-corrected chi connectivity index (χ2v) is 8.83. The Balaban J connectivity index is 1.31. The maximum atomic E-state index is 6.23. The molecule has 0 unspecified atom stereocenters. The molecule has 1 saturated carbocycles. The van der Waals surface area contributed by atoms with Gasteiger partial charge in [0.15, 0.2) is 11.5 Å². The van der Waals surface area contributed by atoms with Crippen LogP contribution in [0.1, 0.15) is 43.4 Å². The van der Waals surface area contributed by atoms with E-state index in [4.69, 9.17) is 14.5 Å². The van der Waals surface area contributed by atoms with Gasteiger partial charge in [0, 0.05) is 13.1 Å². The lowest BCUT2D eigenvalue weighted by Crippen LogP contribution is -2.20. The highest BCUT2D eigenvalue weighted by Gasteiger charge is 2.19. The SMILES string of the molecule is Cc1nc(-c2nnn(C)c2Nc2cccc(OCc3ccccc3)n2)ccc1OC1CCCCC1. The molecule has 35 heavy (non-hydrogen) atoms. The van der Waals surface area contributed by atoms with Crippen molar-refractivity contribution in [2.75, 3.05) is 5.32 Å². The van der Waals surface area contributed by atoms with Gasteiger partial charge < -0.3 is 14.8 Å². The molecule has 1 N–H and O–H groups in total. The van der Waals surface area contributed by atoms with Crippen LogP contribution in [0.2, 0.25) is 0 Å². The van der Waals surface area contributed by atoms with E-state index in [-0.39, 0.29) is 6.10 Å². The molecule has 0 atom stereocenters. The predicted octanol–water partition coefficient (Wildman–Crippen LogP) is 5.61. The molecule has 1 aliphatic carbocycles. The van der Waals surface area contributed by atoms with Crippen LogP contribution in [0.15, 0.2) is 60.7 Å². The van der Waals surface area contributed by atoms with Gasteiger partial charge in [0.1, 0.15) is 18.2 Å². The van der Waals surface area contributed by atoms with Crippen LogP contribution in [0.25, 0.3) is 11.4 Å². The van der Waals surface area contributed by atoms with Crippen molar-refractivity contribution in [2.24, 2.45) is 7.05 Å². The van der Waals surface area contributed by atoms with Crippen molar-refractivity contribution in [1.82, 2.24) is 25.0 Å². The topological polar surface area (TPSA) is 87.0 Å². The van der Waals surface area contributed by atoms with Gasteiger partial charge in [-0.05, 0) is 56.4 Å². The number of aromatic nitrogens is 5. The number of rotatable bonds is 8. The Hall–Kier alpha value is -3.94. The number of pyridine rings is 2. The fourth-order valence-electron chi connectivity index (χ4n) is 4.25.